The van der Waals surface area contributed by atoms with Crippen molar-refractivity contribution < 1.29 is 99.6 Å². The first-order chi connectivity index (χ1) is 26.8. The monoisotopic (exact) mass is 848 g/mol. The van der Waals surface area contributed by atoms with Crippen molar-refractivity contribution in [2.45, 2.75) is 108 Å². The van der Waals surface area contributed by atoms with Gasteiger partial charge in [0.05, 0.1) is 41.2 Å². The van der Waals surface area contributed by atoms with Crippen LogP contribution in [0.5, 0.6) is 0 Å². The maximum absolute atomic E-state index is 12.2. The van der Waals surface area contributed by atoms with Crippen LogP contribution in [0, 0.1) is 0 Å². The average molecular weight is 849 g/mol. The normalized spacial score (nSPS) is 17.1. The van der Waals surface area contributed by atoms with Crippen LogP contribution < -0.4 is 11.1 Å². The van der Waals surface area contributed by atoms with Crippen molar-refractivity contribution in [2.24, 2.45) is 5.73 Å². The first-order valence-electron chi connectivity index (χ1n) is 17.4. The molecule has 1 aliphatic heterocycles. The molecule has 0 saturated carbocycles. The number of imide groups is 1. The Labute approximate surface area is 333 Å². The van der Waals surface area contributed by atoms with Gasteiger partial charge in [-0.1, -0.05) is 0 Å². The molecule has 5 N–H and O–H groups in total. The van der Waals surface area contributed by atoms with Gasteiger partial charge in [-0.25, -0.2) is 46.8 Å². The van der Waals surface area contributed by atoms with Crippen LogP contribution in [-0.2, 0) is 66.7 Å². The van der Waals surface area contributed by atoms with E-state index in [2.05, 4.69) is 24.3 Å². The number of carboxylic acids is 2. The molecule has 1 saturated heterocycles. The lowest BCUT2D eigenvalue weighted by molar-refractivity contribution is -0.157. The molecule has 0 aromatic heterocycles. The molecule has 24 heteroatoms. The number of rotatable bonds is 19. The molecule has 336 valence electrons. The Balaban J connectivity index is 0. The second-order valence-corrected chi connectivity index (χ2v) is 13.6. The molecule has 1 aliphatic rings. The minimum atomic E-state index is -1.38. The number of alkyl halides is 3. The third-order valence-electron chi connectivity index (χ3n) is 6.67. The lowest BCUT2D eigenvalue weighted by Gasteiger charge is -2.26. The van der Waals surface area contributed by atoms with Gasteiger partial charge < -0.3 is 59.2 Å². The maximum atomic E-state index is 12.2. The van der Waals surface area contributed by atoms with Crippen molar-refractivity contribution in [3.05, 3.63) is 0 Å². The molecular formula is C34H56F3N3O18. The highest BCUT2D eigenvalue weighted by Gasteiger charge is 2.49. The van der Waals surface area contributed by atoms with Crippen LogP contribution in [0.15, 0.2) is 0 Å². The highest BCUT2D eigenvalue weighted by Crippen LogP contribution is 2.25. The average Bonchev–Trinajstić information content (AvgIpc) is 3.46. The maximum Gasteiger partial charge on any atom is 0.417 e. The number of carbonyl (C=O) groups excluding carboxylic acids is 6. The molecular weight excluding hydrogens is 792 g/mol. The van der Waals surface area contributed by atoms with Gasteiger partial charge in [0.2, 0.25) is 0 Å². The van der Waals surface area contributed by atoms with Gasteiger partial charge in [0.1, 0.15) is 55.5 Å². The number of ether oxygens (including phenoxy) is 8. The van der Waals surface area contributed by atoms with Crippen molar-refractivity contribution in [2.75, 3.05) is 61.2 Å². The molecule has 6 atom stereocenters. The summed E-state index contributed by atoms with van der Waals surface area (Å²) < 4.78 is 74.4. The molecule has 1 rings (SSSR count). The molecule has 21 nitrogen and oxygen atoms in total. The number of hydrogen-bond donors (Lipinski definition) is 4. The van der Waals surface area contributed by atoms with Crippen LogP contribution in [0.4, 0.5) is 22.8 Å². The fraction of sp³-hybridized carbons (Fsp3) is 0.765. The molecule has 58 heavy (non-hydrogen) atoms. The van der Waals surface area contributed by atoms with Gasteiger partial charge in [-0.3, -0.25) is 9.59 Å². The van der Waals surface area contributed by atoms with Gasteiger partial charge in [-0.2, -0.15) is 0 Å². The largest absolute Gasteiger partial charge is 0.480 e. The van der Waals surface area contributed by atoms with Crippen LogP contribution in [0.1, 0.15) is 60.8 Å². The van der Waals surface area contributed by atoms with E-state index in [1.54, 1.807) is 41.5 Å². The molecule has 0 spiro atoms. The number of carbonyl (C=O) groups is 8. The smallest absolute Gasteiger partial charge is 0.417 e. The highest BCUT2D eigenvalue weighted by molar-refractivity contribution is 6.01. The van der Waals surface area contributed by atoms with Crippen molar-refractivity contribution >= 4 is 47.9 Å². The summed E-state index contributed by atoms with van der Waals surface area (Å²) in [7, 11) is 3.40. The summed E-state index contributed by atoms with van der Waals surface area (Å²) in [5.74, 6) is -5.74. The summed E-state index contributed by atoms with van der Waals surface area (Å²) >= 11 is 0. The molecule has 6 unspecified atom stereocenters. The zero-order chi connectivity index (χ0) is 45.4. The summed E-state index contributed by atoms with van der Waals surface area (Å²) in [5.41, 5.74) is 3.50. The number of halogens is 3. The number of nitrogens with one attached hydrogen (secondary N) is 1. The topological polar surface area (TPSA) is 292 Å². The molecule has 1 heterocycles. The number of amides is 3. The molecule has 0 radical (unpaired) electrons. The van der Waals surface area contributed by atoms with Crippen molar-refractivity contribution in [1.82, 2.24) is 10.2 Å². The highest BCUT2D eigenvalue weighted by atomic mass is 18.2. The Bertz CT molecular complexity index is 1340. The van der Waals surface area contributed by atoms with Gasteiger partial charge in [0.25, 0.3) is 5.91 Å². The number of alkyl carbamates (subject to hydrolysis) is 1. The number of hydrogen-bond acceptors (Lipinski definition) is 17. The molecule has 1 fully saturated rings. The van der Waals surface area contributed by atoms with E-state index in [0.29, 0.717) is 4.90 Å². The Morgan fingerprint density at radius 2 is 1.26 bits per heavy atom. The fourth-order valence-corrected chi connectivity index (χ4v) is 4.24. The van der Waals surface area contributed by atoms with E-state index < -0.39 is 116 Å². The SMILES string of the molecule is COC(=O)C(CC(OCC[18F])C(=O)OC)NC(=O)OC(C)(C)C.COC(=O)C1CC(OCC[18F])C(=O)N1C(=O)OC(C)(C)C.NC(CC(OCC[18F])C(=O)O)C(=O)O. The number of nitrogens with zero attached hydrogens (tertiary/aromatic N) is 1. The number of likely N-dealkylation sites (tertiary alicyclic amines) is 1. The summed E-state index contributed by atoms with van der Waals surface area (Å²) in [6.07, 6.45) is -6.21. The summed E-state index contributed by atoms with van der Waals surface area (Å²) in [6.45, 7) is 6.45. The first kappa shape index (κ1) is 55.3. The van der Waals surface area contributed by atoms with Crippen LogP contribution in [0.3, 0.4) is 0 Å². The summed E-state index contributed by atoms with van der Waals surface area (Å²) in [6, 6.07) is -3.66. The predicted octanol–water partition coefficient (Wildman–Crippen LogP) is 1.25. The fourth-order valence-electron chi connectivity index (χ4n) is 4.24. The molecule has 0 aliphatic carbocycles. The van der Waals surface area contributed by atoms with Gasteiger partial charge in [0, 0.05) is 19.3 Å². The Morgan fingerprint density at radius 1 is 0.759 bits per heavy atom. The molecule has 0 aromatic rings. The van der Waals surface area contributed by atoms with E-state index in [1.807, 2.05) is 0 Å². The minimum Gasteiger partial charge on any atom is -0.480 e. The van der Waals surface area contributed by atoms with Gasteiger partial charge in [0.15, 0.2) is 12.2 Å². The number of esters is 3. The Morgan fingerprint density at radius 3 is 1.67 bits per heavy atom. The van der Waals surface area contributed by atoms with Crippen molar-refractivity contribution in [3.8, 4) is 0 Å². The van der Waals surface area contributed by atoms with Crippen LogP contribution in [-0.4, -0.2) is 172 Å². The van der Waals surface area contributed by atoms with Gasteiger partial charge in [-0.05, 0) is 41.5 Å². The number of nitrogens with two attached hydrogens (primary N) is 1. The second kappa shape index (κ2) is 27.8. The zero-order valence-corrected chi connectivity index (χ0v) is 33.9. The van der Waals surface area contributed by atoms with E-state index in [0.717, 1.165) is 21.3 Å². The zero-order valence-electron chi connectivity index (χ0n) is 33.9. The van der Waals surface area contributed by atoms with Crippen LogP contribution in [0.25, 0.3) is 0 Å². The second-order valence-electron chi connectivity index (χ2n) is 13.6. The third kappa shape index (κ3) is 22.8. The van der Waals surface area contributed by atoms with Crippen LogP contribution >= 0.6 is 0 Å². The standard InChI is InChI=1S/C14H24FNO7.C13H20FNO6.C7H12FNO5/c1-14(2,3)23-13(19)16-9(11(17)20-4)8-10(12(18)21-5)22-7-6-15;1-13(2,3)21-12(18)15-8(11(17)19-4)7-9(10(15)16)20-6-5-14;8-1-2-14-5(7(12)13)3-4(9)6(10)11/h9-10H,6-8H2,1-5H3,(H,16,19);8-9H,5-7H2,1-4H3;4-5H,1-3,9H2,(H,10,11)(H,12,13)/i15-1;14-1;8-1. The van der Waals surface area contributed by atoms with E-state index in [9.17, 15) is 51.5 Å². The molecule has 0 bridgehead atoms. The van der Waals surface area contributed by atoms with Gasteiger partial charge in [-0.15, -0.1) is 0 Å². The third-order valence-corrected chi connectivity index (χ3v) is 6.67. The summed E-state index contributed by atoms with van der Waals surface area (Å²) in [4.78, 5) is 92.5. The van der Waals surface area contributed by atoms with E-state index in [-0.39, 0.29) is 39.1 Å². The Hall–Kier alpha value is -4.81. The number of aliphatic carboxylic acids is 2. The Kier molecular flexibility index (Phi) is 26.5. The van der Waals surface area contributed by atoms with Crippen molar-refractivity contribution in [3.63, 3.8) is 0 Å². The lowest BCUT2D eigenvalue weighted by Crippen LogP contribution is -2.47. The predicted molar refractivity (Wildman–Crippen MR) is 190 cm³/mol. The summed E-state index contributed by atoms with van der Waals surface area (Å²) in [5, 5.41) is 19.2. The van der Waals surface area contributed by atoms with E-state index in [4.69, 9.17) is 34.9 Å². The van der Waals surface area contributed by atoms with Gasteiger partial charge >= 0.3 is 42.0 Å². The first-order valence-corrected chi connectivity index (χ1v) is 17.4. The van der Waals surface area contributed by atoms with Crippen LogP contribution in [0.2, 0.25) is 0 Å². The van der Waals surface area contributed by atoms with E-state index in [1.165, 1.54) is 0 Å². The quantitative estimate of drug-likeness (QED) is 0.105. The number of carboxylic acid groups (broad SMARTS) is 2. The number of methoxy groups -OCH3 is 3. The van der Waals surface area contributed by atoms with Crippen molar-refractivity contribution in [1.29, 1.82) is 0 Å². The van der Waals surface area contributed by atoms with E-state index >= 15 is 0 Å². The molecule has 3 amide bonds. The lowest BCUT2D eigenvalue weighted by atomic mass is 10.1. The minimum absolute atomic E-state index is 0.0786. The molecule has 0 aromatic carbocycles.